The number of rotatable bonds is 4. The smallest absolute Gasteiger partial charge is 0.345 e. The van der Waals surface area contributed by atoms with Crippen molar-refractivity contribution in [3.05, 3.63) is 43.9 Å². The van der Waals surface area contributed by atoms with E-state index in [-0.39, 0.29) is 10.8 Å². The van der Waals surface area contributed by atoms with E-state index in [1.54, 1.807) is 12.1 Å². The van der Waals surface area contributed by atoms with Gasteiger partial charge in [-0.15, -0.1) is 22.7 Å². The minimum Gasteiger partial charge on any atom is -0.477 e. The quantitative estimate of drug-likeness (QED) is 0.814. The van der Waals surface area contributed by atoms with Gasteiger partial charge in [0.15, 0.2) is 0 Å². The highest BCUT2D eigenvalue weighted by molar-refractivity contribution is 9.11. The van der Waals surface area contributed by atoms with E-state index in [1.807, 2.05) is 12.1 Å². The summed E-state index contributed by atoms with van der Waals surface area (Å²) in [6.07, 6.45) is 3.12. The maximum Gasteiger partial charge on any atom is 0.345 e. The van der Waals surface area contributed by atoms with Crippen molar-refractivity contribution in [2.75, 3.05) is 5.32 Å². The fourth-order valence-electron chi connectivity index (χ4n) is 1.26. The number of halogens is 1. The highest BCUT2D eigenvalue weighted by atomic mass is 79.9. The Morgan fingerprint density at radius 3 is 2.58 bits per heavy atom. The normalized spacial score (nSPS) is 10.8. The molecule has 2 rings (SSSR count). The van der Waals surface area contributed by atoms with E-state index in [9.17, 15) is 9.59 Å². The average Bonchev–Trinajstić information content (AvgIpc) is 2.96. The lowest BCUT2D eigenvalue weighted by Crippen LogP contribution is -2.05. The Labute approximate surface area is 125 Å². The van der Waals surface area contributed by atoms with Gasteiger partial charge < -0.3 is 10.4 Å². The first-order chi connectivity index (χ1) is 9.04. The minimum absolute atomic E-state index is 0.196. The van der Waals surface area contributed by atoms with Crippen molar-refractivity contribution < 1.29 is 14.7 Å². The molecule has 0 aliphatic carbocycles. The predicted octanol–water partition coefficient (Wildman–Crippen LogP) is 3.92. The lowest BCUT2D eigenvalue weighted by atomic mass is 10.4. The summed E-state index contributed by atoms with van der Waals surface area (Å²) >= 11 is 5.88. The number of carbonyl (C=O) groups is 2. The Morgan fingerprint density at radius 2 is 2.00 bits per heavy atom. The molecule has 2 aromatic rings. The van der Waals surface area contributed by atoms with Crippen LogP contribution in [0.15, 0.2) is 34.1 Å². The lowest BCUT2D eigenvalue weighted by Gasteiger charge is -1.95. The first-order valence-electron chi connectivity index (χ1n) is 5.12. The topological polar surface area (TPSA) is 66.4 Å². The Kier molecular flexibility index (Phi) is 4.52. The number of thiophene rings is 2. The van der Waals surface area contributed by atoms with Crippen LogP contribution < -0.4 is 5.32 Å². The van der Waals surface area contributed by atoms with Crippen LogP contribution in [0.5, 0.6) is 0 Å². The second-order valence-electron chi connectivity index (χ2n) is 3.43. The molecular formula is C12H8BrNO3S2. The van der Waals surface area contributed by atoms with Gasteiger partial charge in [0.2, 0.25) is 5.91 Å². The number of anilines is 1. The number of aromatic carboxylic acids is 1. The molecule has 0 unspecified atom stereocenters. The van der Waals surface area contributed by atoms with Gasteiger partial charge in [0, 0.05) is 11.0 Å². The molecule has 2 N–H and O–H groups in total. The number of hydrogen-bond donors (Lipinski definition) is 2. The Morgan fingerprint density at radius 1 is 1.21 bits per heavy atom. The summed E-state index contributed by atoms with van der Waals surface area (Å²) in [6, 6.07) is 6.83. The number of carboxylic acids is 1. The van der Waals surface area contributed by atoms with Crippen LogP contribution in [-0.4, -0.2) is 17.0 Å². The zero-order valence-corrected chi connectivity index (χ0v) is 12.6. The van der Waals surface area contributed by atoms with E-state index in [1.165, 1.54) is 23.5 Å². The molecule has 0 radical (unpaired) electrons. The zero-order valence-electron chi connectivity index (χ0n) is 9.42. The zero-order chi connectivity index (χ0) is 13.8. The second kappa shape index (κ2) is 6.14. The van der Waals surface area contributed by atoms with Gasteiger partial charge in [0.25, 0.3) is 0 Å². The molecule has 0 aromatic carbocycles. The van der Waals surface area contributed by atoms with Gasteiger partial charge in [-0.25, -0.2) is 4.79 Å². The maximum atomic E-state index is 11.6. The van der Waals surface area contributed by atoms with E-state index in [4.69, 9.17) is 5.11 Å². The van der Waals surface area contributed by atoms with Crippen LogP contribution in [0, 0.1) is 0 Å². The SMILES string of the molecule is O=C(/C=C/c1ccc(Br)s1)Nc1ccc(C(=O)O)s1. The summed E-state index contributed by atoms with van der Waals surface area (Å²) < 4.78 is 0.997. The maximum absolute atomic E-state index is 11.6. The molecule has 0 atom stereocenters. The van der Waals surface area contributed by atoms with Crippen molar-refractivity contribution in [2.24, 2.45) is 0 Å². The molecule has 0 spiro atoms. The van der Waals surface area contributed by atoms with Crippen molar-refractivity contribution in [1.82, 2.24) is 0 Å². The summed E-state index contributed by atoms with van der Waals surface area (Å²) in [5.74, 6) is -1.28. The number of carboxylic acid groups (broad SMARTS) is 1. The van der Waals surface area contributed by atoms with Crippen LogP contribution in [0.3, 0.4) is 0 Å². The van der Waals surface area contributed by atoms with Gasteiger partial charge in [-0.05, 0) is 46.3 Å². The van der Waals surface area contributed by atoms with Gasteiger partial charge in [-0.1, -0.05) is 0 Å². The van der Waals surface area contributed by atoms with E-state index in [0.717, 1.165) is 20.0 Å². The molecule has 2 aromatic heterocycles. The van der Waals surface area contributed by atoms with Crippen molar-refractivity contribution in [3.8, 4) is 0 Å². The van der Waals surface area contributed by atoms with Crippen molar-refractivity contribution >= 4 is 61.6 Å². The summed E-state index contributed by atoms with van der Waals surface area (Å²) in [6.45, 7) is 0. The third-order valence-corrected chi connectivity index (χ3v) is 4.63. The third-order valence-electron chi connectivity index (χ3n) is 2.06. The van der Waals surface area contributed by atoms with E-state index in [2.05, 4.69) is 21.2 Å². The number of amides is 1. The average molecular weight is 358 g/mol. The van der Waals surface area contributed by atoms with E-state index < -0.39 is 5.97 Å². The Balaban J connectivity index is 1.97. The molecule has 0 aliphatic rings. The van der Waals surface area contributed by atoms with Crippen molar-refractivity contribution in [3.63, 3.8) is 0 Å². The summed E-state index contributed by atoms with van der Waals surface area (Å²) in [7, 11) is 0. The summed E-state index contributed by atoms with van der Waals surface area (Å²) in [5.41, 5.74) is 0. The van der Waals surface area contributed by atoms with Crippen LogP contribution >= 0.6 is 38.6 Å². The molecule has 0 saturated carbocycles. The van der Waals surface area contributed by atoms with Crippen LogP contribution in [0.4, 0.5) is 5.00 Å². The lowest BCUT2D eigenvalue weighted by molar-refractivity contribution is -0.111. The predicted molar refractivity (Wildman–Crippen MR) is 81.0 cm³/mol. The van der Waals surface area contributed by atoms with Gasteiger partial charge in [-0.2, -0.15) is 0 Å². The molecule has 0 aliphatic heterocycles. The van der Waals surface area contributed by atoms with Gasteiger partial charge >= 0.3 is 5.97 Å². The van der Waals surface area contributed by atoms with Crippen molar-refractivity contribution in [1.29, 1.82) is 0 Å². The van der Waals surface area contributed by atoms with Crippen molar-refractivity contribution in [2.45, 2.75) is 0 Å². The second-order valence-corrected chi connectivity index (χ2v) is 7.01. The third kappa shape index (κ3) is 4.02. The first-order valence-corrected chi connectivity index (χ1v) is 7.55. The molecule has 4 nitrogen and oxygen atoms in total. The molecule has 19 heavy (non-hydrogen) atoms. The van der Waals surface area contributed by atoms with Gasteiger partial charge in [0.1, 0.15) is 4.88 Å². The molecule has 0 saturated heterocycles. The van der Waals surface area contributed by atoms with E-state index in [0.29, 0.717) is 5.00 Å². The van der Waals surface area contributed by atoms with Crippen LogP contribution in [-0.2, 0) is 4.79 Å². The molecule has 98 valence electrons. The molecular weight excluding hydrogens is 350 g/mol. The van der Waals surface area contributed by atoms with E-state index >= 15 is 0 Å². The fraction of sp³-hybridized carbons (Fsp3) is 0. The molecule has 0 fully saturated rings. The molecule has 2 heterocycles. The first kappa shape index (κ1) is 14.0. The highest BCUT2D eigenvalue weighted by Gasteiger charge is 2.07. The summed E-state index contributed by atoms with van der Waals surface area (Å²) in [4.78, 5) is 23.5. The minimum atomic E-state index is -0.996. The number of hydrogen-bond acceptors (Lipinski definition) is 4. The monoisotopic (exact) mass is 357 g/mol. The summed E-state index contributed by atoms with van der Waals surface area (Å²) in [5, 5.41) is 11.9. The number of nitrogens with one attached hydrogen (secondary N) is 1. The molecule has 7 heteroatoms. The molecule has 1 amide bonds. The fourth-order valence-corrected chi connectivity index (χ4v) is 3.33. The standard InChI is InChI=1S/C12H8BrNO3S2/c13-9-4-1-7(18-9)2-5-10(15)14-11-6-3-8(19-11)12(16)17/h1-6H,(H,14,15)(H,16,17)/b5-2+. The van der Waals surface area contributed by atoms with Crippen LogP contribution in [0.1, 0.15) is 14.5 Å². The Bertz CT molecular complexity index is 645. The highest BCUT2D eigenvalue weighted by Crippen LogP contribution is 2.24. The Hall–Kier alpha value is -1.44. The van der Waals surface area contributed by atoms with Gasteiger partial charge in [0.05, 0.1) is 8.79 Å². The molecule has 0 bridgehead atoms. The van der Waals surface area contributed by atoms with Crippen LogP contribution in [0.25, 0.3) is 6.08 Å². The van der Waals surface area contributed by atoms with Crippen LogP contribution in [0.2, 0.25) is 0 Å². The largest absolute Gasteiger partial charge is 0.477 e. The number of carbonyl (C=O) groups excluding carboxylic acids is 1. The van der Waals surface area contributed by atoms with Gasteiger partial charge in [-0.3, -0.25) is 4.79 Å².